The van der Waals surface area contributed by atoms with Crippen LogP contribution in [0.5, 0.6) is 0 Å². The molecule has 1 aromatic heterocycles. The summed E-state index contributed by atoms with van der Waals surface area (Å²) in [6, 6.07) is 1.19. The number of hydrogen-bond acceptors (Lipinski definition) is 2. The van der Waals surface area contributed by atoms with Gasteiger partial charge < -0.3 is 4.57 Å². The highest BCUT2D eigenvalue weighted by Gasteiger charge is 2.32. The van der Waals surface area contributed by atoms with Gasteiger partial charge in [0.15, 0.2) is 0 Å². The third-order valence-corrected chi connectivity index (χ3v) is 4.70. The Morgan fingerprint density at radius 2 is 2.00 bits per heavy atom. The molecule has 3 heterocycles. The molecular formula is C15H25N3. The van der Waals surface area contributed by atoms with Crippen LogP contribution in [0.4, 0.5) is 0 Å². The summed E-state index contributed by atoms with van der Waals surface area (Å²) in [7, 11) is 0. The van der Waals surface area contributed by atoms with Crippen LogP contribution in [0, 0.1) is 0 Å². The van der Waals surface area contributed by atoms with Gasteiger partial charge in [-0.25, -0.2) is 4.98 Å². The van der Waals surface area contributed by atoms with Crippen molar-refractivity contribution in [3.05, 3.63) is 17.7 Å². The van der Waals surface area contributed by atoms with Crippen LogP contribution >= 0.6 is 0 Å². The molecule has 3 rings (SSSR count). The van der Waals surface area contributed by atoms with E-state index in [-0.39, 0.29) is 0 Å². The van der Waals surface area contributed by atoms with E-state index >= 15 is 0 Å². The van der Waals surface area contributed by atoms with Gasteiger partial charge in [0.1, 0.15) is 5.82 Å². The minimum atomic E-state index is 0.559. The second-order valence-electron chi connectivity index (χ2n) is 6.23. The quantitative estimate of drug-likeness (QED) is 0.799. The normalized spacial score (nSPS) is 28.9. The fourth-order valence-corrected chi connectivity index (χ4v) is 3.69. The van der Waals surface area contributed by atoms with Crippen LogP contribution in [0.2, 0.25) is 0 Å². The zero-order valence-corrected chi connectivity index (χ0v) is 11.9. The van der Waals surface area contributed by atoms with Crippen molar-refractivity contribution in [2.75, 3.05) is 6.54 Å². The first-order valence-electron chi connectivity index (χ1n) is 7.49. The van der Waals surface area contributed by atoms with Gasteiger partial charge in [0.25, 0.3) is 0 Å². The van der Waals surface area contributed by atoms with Crippen LogP contribution in [0.15, 0.2) is 6.20 Å². The summed E-state index contributed by atoms with van der Waals surface area (Å²) in [5.74, 6) is 2.02. The van der Waals surface area contributed by atoms with Crippen molar-refractivity contribution in [1.29, 1.82) is 0 Å². The predicted molar refractivity (Wildman–Crippen MR) is 73.7 cm³/mol. The Balaban J connectivity index is 1.93. The number of likely N-dealkylation sites (tertiary alicyclic amines) is 1. The van der Waals surface area contributed by atoms with Crippen molar-refractivity contribution in [3.8, 4) is 0 Å². The average molecular weight is 247 g/mol. The van der Waals surface area contributed by atoms with E-state index in [0.717, 1.165) is 0 Å². The zero-order valence-electron chi connectivity index (χ0n) is 11.9. The Kier molecular flexibility index (Phi) is 3.18. The number of imidazole rings is 1. The molecule has 2 aliphatic heterocycles. The van der Waals surface area contributed by atoms with Crippen LogP contribution in [-0.4, -0.2) is 27.0 Å². The van der Waals surface area contributed by atoms with E-state index in [1.807, 2.05) is 0 Å². The first kappa shape index (κ1) is 12.2. The number of rotatable bonds is 2. The number of fused-ring (bicyclic) bond motifs is 1. The third kappa shape index (κ3) is 1.89. The highest BCUT2D eigenvalue weighted by atomic mass is 15.2. The van der Waals surface area contributed by atoms with E-state index in [1.165, 1.54) is 50.3 Å². The van der Waals surface area contributed by atoms with Crippen molar-refractivity contribution in [2.45, 2.75) is 71.0 Å². The van der Waals surface area contributed by atoms with Crippen molar-refractivity contribution < 1.29 is 0 Å². The molecule has 0 aromatic carbocycles. The zero-order chi connectivity index (χ0) is 12.7. The first-order chi connectivity index (χ1) is 8.68. The lowest BCUT2D eigenvalue weighted by Gasteiger charge is -2.30. The van der Waals surface area contributed by atoms with Crippen LogP contribution in [0.1, 0.15) is 69.9 Å². The van der Waals surface area contributed by atoms with Gasteiger partial charge in [-0.05, 0) is 52.0 Å². The molecule has 18 heavy (non-hydrogen) atoms. The van der Waals surface area contributed by atoms with Gasteiger partial charge in [-0.1, -0.05) is 6.92 Å². The van der Waals surface area contributed by atoms with Crippen LogP contribution in [0.25, 0.3) is 0 Å². The summed E-state index contributed by atoms with van der Waals surface area (Å²) >= 11 is 0. The van der Waals surface area contributed by atoms with E-state index in [4.69, 9.17) is 4.98 Å². The van der Waals surface area contributed by atoms with E-state index in [0.29, 0.717) is 18.0 Å². The van der Waals surface area contributed by atoms with Crippen molar-refractivity contribution in [3.63, 3.8) is 0 Å². The maximum atomic E-state index is 4.78. The van der Waals surface area contributed by atoms with E-state index in [9.17, 15) is 0 Å². The Labute approximate surface area is 110 Å². The van der Waals surface area contributed by atoms with Gasteiger partial charge in [-0.15, -0.1) is 0 Å². The Morgan fingerprint density at radius 1 is 1.22 bits per heavy atom. The summed E-state index contributed by atoms with van der Waals surface area (Å²) in [6.45, 7) is 9.37. The molecule has 0 N–H and O–H groups in total. The lowest BCUT2D eigenvalue weighted by Crippen LogP contribution is -2.32. The molecule has 0 aliphatic carbocycles. The highest BCUT2D eigenvalue weighted by Crippen LogP contribution is 2.36. The van der Waals surface area contributed by atoms with E-state index < -0.39 is 0 Å². The van der Waals surface area contributed by atoms with Crippen molar-refractivity contribution in [2.24, 2.45) is 0 Å². The molecule has 3 nitrogen and oxygen atoms in total. The lowest BCUT2D eigenvalue weighted by atomic mass is 9.98. The van der Waals surface area contributed by atoms with E-state index in [1.54, 1.807) is 0 Å². The van der Waals surface area contributed by atoms with Gasteiger partial charge in [0.05, 0.1) is 6.04 Å². The molecule has 1 saturated heterocycles. The number of nitrogens with zero attached hydrogens (tertiary/aromatic N) is 3. The maximum Gasteiger partial charge on any atom is 0.126 e. The van der Waals surface area contributed by atoms with Gasteiger partial charge >= 0.3 is 0 Å². The molecule has 0 radical (unpaired) electrons. The molecule has 0 spiro atoms. The molecule has 2 unspecified atom stereocenters. The summed E-state index contributed by atoms with van der Waals surface area (Å²) in [6.07, 6.45) is 7.37. The average Bonchev–Trinajstić information content (AvgIpc) is 2.94. The first-order valence-corrected chi connectivity index (χ1v) is 7.49. The highest BCUT2D eigenvalue weighted by molar-refractivity contribution is 5.16. The second kappa shape index (κ2) is 4.69. The van der Waals surface area contributed by atoms with E-state index in [2.05, 4.69) is 36.4 Å². The molecule has 2 atom stereocenters. The SMILES string of the molecule is CC1CCCn2c1cnc2C1CCCN1C(C)C. The molecule has 0 bridgehead atoms. The smallest absolute Gasteiger partial charge is 0.126 e. The minimum absolute atomic E-state index is 0.559. The minimum Gasteiger partial charge on any atom is -0.330 e. The van der Waals surface area contributed by atoms with Gasteiger partial charge in [-0.3, -0.25) is 4.90 Å². The Bertz CT molecular complexity index is 421. The molecule has 0 amide bonds. The monoisotopic (exact) mass is 247 g/mol. The second-order valence-corrected chi connectivity index (χ2v) is 6.23. The fraction of sp³-hybridized carbons (Fsp3) is 0.800. The largest absolute Gasteiger partial charge is 0.330 e. The summed E-state index contributed by atoms with van der Waals surface area (Å²) in [4.78, 5) is 7.40. The summed E-state index contributed by atoms with van der Waals surface area (Å²) in [5.41, 5.74) is 1.46. The van der Waals surface area contributed by atoms with Crippen LogP contribution in [0.3, 0.4) is 0 Å². The Hall–Kier alpha value is -0.830. The van der Waals surface area contributed by atoms with Crippen molar-refractivity contribution in [1.82, 2.24) is 14.5 Å². The molecule has 2 aliphatic rings. The number of aromatic nitrogens is 2. The maximum absolute atomic E-state index is 4.78. The molecule has 100 valence electrons. The summed E-state index contributed by atoms with van der Waals surface area (Å²) in [5, 5.41) is 0. The molecule has 0 saturated carbocycles. The van der Waals surface area contributed by atoms with Gasteiger partial charge in [0, 0.05) is 24.5 Å². The molecule has 1 fully saturated rings. The van der Waals surface area contributed by atoms with Crippen LogP contribution < -0.4 is 0 Å². The number of hydrogen-bond donors (Lipinski definition) is 0. The Morgan fingerprint density at radius 3 is 2.78 bits per heavy atom. The lowest BCUT2D eigenvalue weighted by molar-refractivity contribution is 0.193. The standard InChI is InChI=1S/C15H25N3/c1-11(2)17-8-5-7-13(17)15-16-10-14-12(3)6-4-9-18(14)15/h10-13H,4-9H2,1-3H3. The third-order valence-electron chi connectivity index (χ3n) is 4.70. The topological polar surface area (TPSA) is 21.1 Å². The summed E-state index contributed by atoms with van der Waals surface area (Å²) < 4.78 is 2.51. The fourth-order valence-electron chi connectivity index (χ4n) is 3.69. The van der Waals surface area contributed by atoms with Crippen molar-refractivity contribution >= 4 is 0 Å². The molecule has 1 aromatic rings. The molecular weight excluding hydrogens is 222 g/mol. The molecule has 3 heteroatoms. The predicted octanol–water partition coefficient (Wildman–Crippen LogP) is 3.33. The van der Waals surface area contributed by atoms with Gasteiger partial charge in [-0.2, -0.15) is 0 Å². The van der Waals surface area contributed by atoms with Crippen LogP contribution in [-0.2, 0) is 6.54 Å². The van der Waals surface area contributed by atoms with Gasteiger partial charge in [0.2, 0.25) is 0 Å².